The van der Waals surface area contributed by atoms with Crippen LogP contribution in [0.4, 0.5) is 22.7 Å². The highest BCUT2D eigenvalue weighted by molar-refractivity contribution is 5.88. The monoisotopic (exact) mass is 512 g/mol. The van der Waals surface area contributed by atoms with Crippen molar-refractivity contribution >= 4 is 28.7 Å². The van der Waals surface area contributed by atoms with Crippen molar-refractivity contribution in [2.45, 2.75) is 11.6 Å². The van der Waals surface area contributed by atoms with Crippen LogP contribution in [0.3, 0.4) is 0 Å². The van der Waals surface area contributed by atoms with Gasteiger partial charge in [-0.3, -0.25) is 20.2 Å². The standard InChI is InChI=1S/C28H24N4O6/c1-38-27(33)28(21-8-4-2-5-9-21,30-23-14-18-25(19-15-23)32(36)37)26(29-22-10-6-3-7-11-22)20-12-16-24(17-13-20)31(34)35/h2-19,26,29-30H,1H3/t26-,28+/m0/s1. The number of nitrogens with one attached hydrogen (secondary N) is 2. The Balaban J connectivity index is 1.95. The number of nitrogens with zero attached hydrogens (tertiary/aromatic N) is 2. The first-order chi connectivity index (χ1) is 18.3. The molecule has 0 amide bonds. The summed E-state index contributed by atoms with van der Waals surface area (Å²) in [6.45, 7) is 0. The van der Waals surface area contributed by atoms with Crippen LogP contribution in [-0.2, 0) is 15.1 Å². The number of nitro groups is 2. The Hall–Kier alpha value is -5.25. The summed E-state index contributed by atoms with van der Waals surface area (Å²) in [5, 5.41) is 29.2. The number of rotatable bonds is 10. The number of benzene rings is 4. The maximum absolute atomic E-state index is 13.9. The minimum absolute atomic E-state index is 0.0982. The third kappa shape index (κ3) is 5.29. The maximum atomic E-state index is 13.9. The molecule has 0 aliphatic heterocycles. The van der Waals surface area contributed by atoms with Crippen LogP contribution in [-0.4, -0.2) is 22.9 Å². The van der Waals surface area contributed by atoms with Crippen LogP contribution in [0, 0.1) is 20.2 Å². The molecule has 0 fully saturated rings. The third-order valence-electron chi connectivity index (χ3n) is 6.11. The minimum atomic E-state index is -1.61. The third-order valence-corrected chi connectivity index (χ3v) is 6.11. The first kappa shape index (κ1) is 25.8. The van der Waals surface area contributed by atoms with Gasteiger partial charge in [-0.05, 0) is 35.4 Å². The van der Waals surface area contributed by atoms with Crippen molar-refractivity contribution in [2.75, 3.05) is 17.7 Å². The number of carbonyl (C=O) groups excluding carboxylic acids is 1. The van der Waals surface area contributed by atoms with Crippen molar-refractivity contribution < 1.29 is 19.4 Å². The fourth-order valence-electron chi connectivity index (χ4n) is 4.29. The summed E-state index contributed by atoms with van der Waals surface area (Å²) in [4.78, 5) is 35.4. The fourth-order valence-corrected chi connectivity index (χ4v) is 4.29. The number of hydrogen-bond donors (Lipinski definition) is 2. The van der Waals surface area contributed by atoms with Gasteiger partial charge in [0.05, 0.1) is 23.0 Å². The molecule has 0 saturated carbocycles. The topological polar surface area (TPSA) is 137 Å². The number of esters is 1. The molecule has 0 aromatic heterocycles. The molecule has 38 heavy (non-hydrogen) atoms. The molecule has 2 atom stereocenters. The molecule has 0 radical (unpaired) electrons. The summed E-state index contributed by atoms with van der Waals surface area (Å²) in [7, 11) is 1.27. The molecule has 10 nitrogen and oxygen atoms in total. The van der Waals surface area contributed by atoms with Crippen molar-refractivity contribution in [2.24, 2.45) is 0 Å². The Bertz CT molecular complexity index is 1410. The molecule has 192 valence electrons. The molecule has 0 bridgehead atoms. The number of non-ortho nitro benzene ring substituents is 2. The molecule has 2 N–H and O–H groups in total. The van der Waals surface area contributed by atoms with Gasteiger partial charge in [0.25, 0.3) is 11.4 Å². The zero-order chi connectivity index (χ0) is 27.1. The van der Waals surface area contributed by atoms with E-state index in [9.17, 15) is 25.0 Å². The predicted molar refractivity (Wildman–Crippen MR) is 143 cm³/mol. The van der Waals surface area contributed by atoms with Crippen molar-refractivity contribution in [3.05, 3.63) is 141 Å². The number of carbonyl (C=O) groups is 1. The molecule has 4 aromatic rings. The Morgan fingerprint density at radius 1 is 0.737 bits per heavy atom. The largest absolute Gasteiger partial charge is 0.467 e. The van der Waals surface area contributed by atoms with Gasteiger partial charge < -0.3 is 15.4 Å². The molecule has 4 rings (SSSR count). The molecule has 4 aromatic carbocycles. The smallest absolute Gasteiger partial charge is 0.338 e. The molecule has 0 aliphatic rings. The number of nitro benzene ring substituents is 2. The molecule has 0 spiro atoms. The van der Waals surface area contributed by atoms with Gasteiger partial charge in [0.1, 0.15) is 0 Å². The van der Waals surface area contributed by atoms with Crippen molar-refractivity contribution in [1.82, 2.24) is 0 Å². The number of para-hydroxylation sites is 1. The zero-order valence-electron chi connectivity index (χ0n) is 20.3. The lowest BCUT2D eigenvalue weighted by Gasteiger charge is -2.41. The Labute approximate surface area is 218 Å². The van der Waals surface area contributed by atoms with E-state index in [1.54, 1.807) is 36.4 Å². The highest BCUT2D eigenvalue weighted by atomic mass is 16.6. The minimum Gasteiger partial charge on any atom is -0.467 e. The Morgan fingerprint density at radius 2 is 1.24 bits per heavy atom. The van der Waals surface area contributed by atoms with E-state index in [4.69, 9.17) is 4.74 Å². The zero-order valence-corrected chi connectivity index (χ0v) is 20.3. The average Bonchev–Trinajstić information content (AvgIpc) is 2.95. The van der Waals surface area contributed by atoms with Crippen LogP contribution < -0.4 is 10.6 Å². The highest BCUT2D eigenvalue weighted by Crippen LogP contribution is 2.42. The number of ether oxygens (including phenoxy) is 1. The summed E-state index contributed by atoms with van der Waals surface area (Å²) in [6.07, 6.45) is 0. The first-order valence-electron chi connectivity index (χ1n) is 11.6. The average molecular weight is 513 g/mol. The number of hydrogen-bond acceptors (Lipinski definition) is 8. The van der Waals surface area contributed by atoms with E-state index in [-0.39, 0.29) is 11.4 Å². The second-order valence-electron chi connectivity index (χ2n) is 8.39. The van der Waals surface area contributed by atoms with Crippen LogP contribution in [0.15, 0.2) is 109 Å². The van der Waals surface area contributed by atoms with Crippen molar-refractivity contribution in [1.29, 1.82) is 0 Å². The summed E-state index contributed by atoms with van der Waals surface area (Å²) >= 11 is 0. The lowest BCUT2D eigenvalue weighted by atomic mass is 9.78. The molecular weight excluding hydrogens is 488 g/mol. The van der Waals surface area contributed by atoms with Gasteiger partial charge in [0.2, 0.25) is 0 Å². The van der Waals surface area contributed by atoms with Gasteiger partial charge in [-0.1, -0.05) is 60.7 Å². The van der Waals surface area contributed by atoms with E-state index >= 15 is 0 Å². The Morgan fingerprint density at radius 3 is 1.74 bits per heavy atom. The van der Waals surface area contributed by atoms with E-state index in [0.717, 1.165) is 0 Å². The van der Waals surface area contributed by atoms with E-state index in [1.807, 2.05) is 36.4 Å². The summed E-state index contributed by atoms with van der Waals surface area (Å²) in [5.41, 5.74) is 0.391. The molecular formula is C28H24N4O6. The summed E-state index contributed by atoms with van der Waals surface area (Å²) in [6, 6.07) is 28.8. The first-order valence-corrected chi connectivity index (χ1v) is 11.6. The quantitative estimate of drug-likeness (QED) is 0.154. The lowest BCUT2D eigenvalue weighted by molar-refractivity contribution is -0.385. The van der Waals surface area contributed by atoms with E-state index in [0.29, 0.717) is 22.5 Å². The van der Waals surface area contributed by atoms with Gasteiger partial charge in [0, 0.05) is 35.6 Å². The molecule has 0 unspecified atom stereocenters. The SMILES string of the molecule is COC(=O)[C@@](Nc1ccc([N+](=O)[O-])cc1)(c1ccccc1)[C@@H](Nc1ccccc1)c1ccc([N+](=O)[O-])cc1. The summed E-state index contributed by atoms with van der Waals surface area (Å²) < 4.78 is 5.35. The molecule has 0 saturated heterocycles. The molecule has 0 heterocycles. The highest BCUT2D eigenvalue weighted by Gasteiger charge is 2.50. The van der Waals surface area contributed by atoms with Crippen molar-refractivity contribution in [3.8, 4) is 0 Å². The van der Waals surface area contributed by atoms with E-state index in [1.165, 1.54) is 43.5 Å². The van der Waals surface area contributed by atoms with E-state index in [2.05, 4.69) is 10.6 Å². The van der Waals surface area contributed by atoms with E-state index < -0.39 is 27.4 Å². The lowest BCUT2D eigenvalue weighted by Crippen LogP contribution is -2.51. The van der Waals surface area contributed by atoms with Crippen LogP contribution in [0.1, 0.15) is 17.2 Å². The maximum Gasteiger partial charge on any atom is 0.338 e. The Kier molecular flexibility index (Phi) is 7.62. The van der Waals surface area contributed by atoms with Crippen LogP contribution in [0.25, 0.3) is 0 Å². The van der Waals surface area contributed by atoms with Gasteiger partial charge in [-0.15, -0.1) is 0 Å². The molecule has 10 heteroatoms. The van der Waals surface area contributed by atoms with Crippen molar-refractivity contribution in [3.63, 3.8) is 0 Å². The fraction of sp³-hybridized carbons (Fsp3) is 0.107. The number of methoxy groups -OCH3 is 1. The summed E-state index contributed by atoms with van der Waals surface area (Å²) in [5.74, 6) is -0.645. The van der Waals surface area contributed by atoms with Gasteiger partial charge in [-0.2, -0.15) is 0 Å². The van der Waals surface area contributed by atoms with Crippen LogP contribution in [0.2, 0.25) is 0 Å². The number of anilines is 2. The van der Waals surface area contributed by atoms with Gasteiger partial charge in [-0.25, -0.2) is 4.79 Å². The molecule has 0 aliphatic carbocycles. The second-order valence-corrected chi connectivity index (χ2v) is 8.39. The van der Waals surface area contributed by atoms with Gasteiger partial charge >= 0.3 is 5.97 Å². The van der Waals surface area contributed by atoms with Crippen LogP contribution in [0.5, 0.6) is 0 Å². The van der Waals surface area contributed by atoms with Crippen LogP contribution >= 0.6 is 0 Å². The predicted octanol–water partition coefficient (Wildman–Crippen LogP) is 5.84. The second kappa shape index (κ2) is 11.2. The van der Waals surface area contributed by atoms with Gasteiger partial charge in [0.15, 0.2) is 5.54 Å². The normalized spacial score (nSPS) is 13.0.